The second-order valence-corrected chi connectivity index (χ2v) is 5.54. The van der Waals surface area contributed by atoms with Gasteiger partial charge < -0.3 is 4.74 Å². The summed E-state index contributed by atoms with van der Waals surface area (Å²) < 4.78 is 33.2. The number of nitrogens with zero attached hydrogens (tertiary/aromatic N) is 1. The number of fused-ring (bicyclic) bond motifs is 4. The first kappa shape index (κ1) is 12.5. The highest BCUT2D eigenvalue weighted by Crippen LogP contribution is 2.47. The van der Waals surface area contributed by atoms with Crippen molar-refractivity contribution in [2.24, 2.45) is 0 Å². The minimum absolute atomic E-state index is 0.317. The Labute approximate surface area is 130 Å². The molecule has 0 radical (unpaired) electrons. The molecule has 0 aliphatic carbocycles. The van der Waals surface area contributed by atoms with Gasteiger partial charge >= 0.3 is 0 Å². The lowest BCUT2D eigenvalue weighted by Crippen LogP contribution is -2.00. The Morgan fingerprint density at radius 3 is 2.52 bits per heavy atom. The van der Waals surface area contributed by atoms with Crippen LogP contribution in [0.25, 0.3) is 32.9 Å². The molecule has 4 aromatic rings. The van der Waals surface area contributed by atoms with Gasteiger partial charge in [-0.05, 0) is 47.9 Å². The molecule has 0 fully saturated rings. The third kappa shape index (κ3) is 1.69. The normalized spacial score (nSPS) is 12.3. The number of halogens is 2. The van der Waals surface area contributed by atoms with Gasteiger partial charge in [-0.25, -0.2) is 13.8 Å². The van der Waals surface area contributed by atoms with Crippen LogP contribution in [-0.2, 0) is 0 Å². The van der Waals surface area contributed by atoms with Gasteiger partial charge in [-0.3, -0.25) is 0 Å². The van der Waals surface area contributed by atoms with Crippen molar-refractivity contribution >= 4 is 21.7 Å². The Balaban J connectivity index is 2.02. The third-order valence-electron chi connectivity index (χ3n) is 4.16. The van der Waals surface area contributed by atoms with E-state index in [1.165, 1.54) is 24.3 Å². The molecule has 1 aromatic heterocycles. The fraction of sp³-hybridized carbons (Fsp3) is 0. The first-order valence-corrected chi connectivity index (χ1v) is 7.20. The van der Waals surface area contributed by atoms with Crippen LogP contribution in [0.15, 0.2) is 54.6 Å². The second kappa shape index (κ2) is 4.26. The Morgan fingerprint density at radius 2 is 1.61 bits per heavy atom. The smallest absolute Gasteiger partial charge is 0.137 e. The first-order chi connectivity index (χ1) is 11.2. The summed E-state index contributed by atoms with van der Waals surface area (Å²) in [5, 5.41) is 2.34. The number of hydrogen-bond acceptors (Lipinski definition) is 2. The molecule has 2 heterocycles. The van der Waals surface area contributed by atoms with E-state index in [9.17, 15) is 8.78 Å². The predicted octanol–water partition coefficient (Wildman–Crippen LogP) is 5.44. The lowest BCUT2D eigenvalue weighted by atomic mass is 9.97. The van der Waals surface area contributed by atoms with Gasteiger partial charge in [-0.1, -0.05) is 12.1 Å². The topological polar surface area (TPSA) is 22.1 Å². The molecule has 0 atom stereocenters. The van der Waals surface area contributed by atoms with Gasteiger partial charge in [-0.15, -0.1) is 0 Å². The van der Waals surface area contributed by atoms with Gasteiger partial charge in [0, 0.05) is 10.9 Å². The Hall–Kier alpha value is -3.01. The molecule has 3 aromatic carbocycles. The van der Waals surface area contributed by atoms with E-state index in [0.29, 0.717) is 33.7 Å². The predicted molar refractivity (Wildman–Crippen MR) is 84.7 cm³/mol. The highest BCUT2D eigenvalue weighted by atomic mass is 19.1. The maximum atomic E-state index is 13.7. The molecule has 5 rings (SSSR count). The van der Waals surface area contributed by atoms with Gasteiger partial charge in [0.2, 0.25) is 0 Å². The number of hydrogen-bond donors (Lipinski definition) is 0. The molecule has 0 amide bonds. The minimum Gasteiger partial charge on any atom is -0.456 e. The summed E-state index contributed by atoms with van der Waals surface area (Å²) >= 11 is 0. The van der Waals surface area contributed by atoms with Crippen molar-refractivity contribution in [3.05, 3.63) is 66.2 Å². The van der Waals surface area contributed by atoms with Gasteiger partial charge in [0.15, 0.2) is 0 Å². The Morgan fingerprint density at radius 1 is 0.783 bits per heavy atom. The molecule has 0 spiro atoms. The lowest BCUT2D eigenvalue weighted by Gasteiger charge is -2.21. The van der Waals surface area contributed by atoms with E-state index < -0.39 is 0 Å². The summed E-state index contributed by atoms with van der Waals surface area (Å²) in [6.07, 6.45) is 0. The summed E-state index contributed by atoms with van der Waals surface area (Å²) in [5.41, 5.74) is 1.94. The van der Waals surface area contributed by atoms with Crippen molar-refractivity contribution in [1.82, 2.24) is 4.98 Å². The van der Waals surface area contributed by atoms with Crippen molar-refractivity contribution in [2.75, 3.05) is 0 Å². The van der Waals surface area contributed by atoms with E-state index in [1.54, 1.807) is 12.1 Å². The van der Waals surface area contributed by atoms with E-state index in [4.69, 9.17) is 4.74 Å². The van der Waals surface area contributed by atoms with Gasteiger partial charge in [0.1, 0.15) is 23.1 Å². The van der Waals surface area contributed by atoms with Crippen LogP contribution in [-0.4, -0.2) is 4.98 Å². The molecule has 0 saturated carbocycles. The summed E-state index contributed by atoms with van der Waals surface area (Å²) in [5.74, 6) is 0.555. The first-order valence-electron chi connectivity index (χ1n) is 7.20. The lowest BCUT2D eigenvalue weighted by molar-refractivity contribution is 0.484. The van der Waals surface area contributed by atoms with Gasteiger partial charge in [-0.2, -0.15) is 0 Å². The van der Waals surface area contributed by atoms with Crippen LogP contribution < -0.4 is 4.74 Å². The highest BCUT2D eigenvalue weighted by Gasteiger charge is 2.23. The molecular formula is C19H9F2NO. The number of pyridine rings is 1. The van der Waals surface area contributed by atoms with Crippen molar-refractivity contribution in [3.63, 3.8) is 0 Å². The van der Waals surface area contributed by atoms with Crippen LogP contribution >= 0.6 is 0 Å². The summed E-state index contributed by atoms with van der Waals surface area (Å²) in [6, 6.07) is 14.5. The van der Waals surface area contributed by atoms with E-state index >= 15 is 0 Å². The molecule has 4 heteroatoms. The quantitative estimate of drug-likeness (QED) is 0.355. The van der Waals surface area contributed by atoms with Crippen LogP contribution in [0.5, 0.6) is 11.5 Å². The Bertz CT molecular complexity index is 1120. The van der Waals surface area contributed by atoms with E-state index in [1.807, 2.05) is 18.2 Å². The van der Waals surface area contributed by atoms with Crippen LogP contribution in [0.2, 0.25) is 0 Å². The molecule has 0 saturated heterocycles. The zero-order valence-corrected chi connectivity index (χ0v) is 11.8. The fourth-order valence-corrected chi connectivity index (χ4v) is 3.17. The van der Waals surface area contributed by atoms with Crippen molar-refractivity contribution in [2.45, 2.75) is 0 Å². The third-order valence-corrected chi connectivity index (χ3v) is 4.16. The van der Waals surface area contributed by atoms with E-state index in [-0.39, 0.29) is 11.6 Å². The Kier molecular flexibility index (Phi) is 2.32. The maximum absolute atomic E-state index is 13.7. The molecule has 110 valence electrons. The van der Waals surface area contributed by atoms with Crippen molar-refractivity contribution in [3.8, 4) is 22.8 Å². The van der Waals surface area contributed by atoms with Gasteiger partial charge in [0.25, 0.3) is 0 Å². The van der Waals surface area contributed by atoms with Crippen molar-refractivity contribution < 1.29 is 13.5 Å². The van der Waals surface area contributed by atoms with E-state index in [0.717, 1.165) is 10.8 Å². The van der Waals surface area contributed by atoms with Gasteiger partial charge in [0.05, 0.1) is 16.6 Å². The zero-order chi connectivity index (χ0) is 15.6. The fourth-order valence-electron chi connectivity index (χ4n) is 3.17. The van der Waals surface area contributed by atoms with Crippen LogP contribution in [0, 0.1) is 11.6 Å². The summed E-state index contributed by atoms with van der Waals surface area (Å²) in [7, 11) is 0. The minimum atomic E-state index is -0.346. The average Bonchev–Trinajstić information content (AvgIpc) is 2.56. The number of benzene rings is 3. The van der Waals surface area contributed by atoms with Crippen LogP contribution in [0.4, 0.5) is 8.78 Å². The molecule has 23 heavy (non-hydrogen) atoms. The standard InChI is InChI=1S/C19H9F2NO/c20-10-4-6-15-13(8-10)12-2-1-3-17-18(12)19(22-15)14-9-11(21)5-7-16(14)23-17/h1-9H. The SMILES string of the molecule is Fc1ccc2c(c1)-c1nc3ccc(F)cc3c3cccc(c13)O2. The number of aromatic nitrogens is 1. The largest absolute Gasteiger partial charge is 0.456 e. The monoisotopic (exact) mass is 305 g/mol. The molecule has 0 unspecified atom stereocenters. The molecular weight excluding hydrogens is 296 g/mol. The molecule has 0 bridgehead atoms. The molecule has 1 aliphatic rings. The van der Waals surface area contributed by atoms with Crippen molar-refractivity contribution in [1.29, 1.82) is 0 Å². The number of ether oxygens (including phenoxy) is 1. The van der Waals surface area contributed by atoms with Crippen LogP contribution in [0.3, 0.4) is 0 Å². The second-order valence-electron chi connectivity index (χ2n) is 5.54. The summed E-state index contributed by atoms with van der Waals surface area (Å²) in [4.78, 5) is 4.64. The zero-order valence-electron chi connectivity index (χ0n) is 11.8. The van der Waals surface area contributed by atoms with E-state index in [2.05, 4.69) is 4.98 Å². The molecule has 2 nitrogen and oxygen atoms in total. The molecule has 0 N–H and O–H groups in total. The molecule has 1 aliphatic heterocycles. The average molecular weight is 305 g/mol. The highest BCUT2D eigenvalue weighted by molar-refractivity contribution is 6.14. The maximum Gasteiger partial charge on any atom is 0.137 e. The summed E-state index contributed by atoms with van der Waals surface area (Å²) in [6.45, 7) is 0. The van der Waals surface area contributed by atoms with Crippen LogP contribution in [0.1, 0.15) is 0 Å². The number of rotatable bonds is 0.